The third kappa shape index (κ3) is 0.976. The molecular formula is C6H9ClN4. The fourth-order valence-corrected chi connectivity index (χ4v) is 1.66. The number of rotatable bonds is 0. The highest BCUT2D eigenvalue weighted by Gasteiger charge is 2.21. The van der Waals surface area contributed by atoms with Crippen LogP contribution in [0, 0.1) is 0 Å². The van der Waals surface area contributed by atoms with Crippen molar-refractivity contribution in [2.45, 2.75) is 24.8 Å². The Morgan fingerprint density at radius 1 is 1.55 bits per heavy atom. The van der Waals surface area contributed by atoms with E-state index in [1.165, 1.54) is 0 Å². The Morgan fingerprint density at radius 2 is 2.36 bits per heavy atom. The lowest BCUT2D eigenvalue weighted by Crippen LogP contribution is -2.14. The number of nitrogen functional groups attached to an aromatic ring is 1. The predicted molar refractivity (Wildman–Crippen MR) is 42.3 cm³/mol. The second kappa shape index (κ2) is 2.37. The van der Waals surface area contributed by atoms with Gasteiger partial charge in [0.05, 0.1) is 5.38 Å². The molecule has 1 aromatic heterocycles. The van der Waals surface area contributed by atoms with Crippen molar-refractivity contribution in [1.29, 1.82) is 0 Å². The highest BCUT2D eigenvalue weighted by Crippen LogP contribution is 2.29. The Balaban J connectivity index is 2.46. The van der Waals surface area contributed by atoms with Crippen molar-refractivity contribution in [2.75, 3.05) is 5.73 Å². The average molecular weight is 173 g/mol. The first kappa shape index (κ1) is 6.91. The molecule has 2 N–H and O–H groups in total. The minimum absolute atomic E-state index is 0.00597. The molecule has 1 aromatic rings. The van der Waals surface area contributed by atoms with Crippen molar-refractivity contribution in [2.24, 2.45) is 0 Å². The van der Waals surface area contributed by atoms with Gasteiger partial charge in [-0.05, 0) is 12.8 Å². The molecule has 2 rings (SSSR count). The minimum atomic E-state index is -0.00597. The van der Waals surface area contributed by atoms with Crippen LogP contribution in [0.4, 0.5) is 5.95 Å². The Bertz CT molecular complexity index is 270. The van der Waals surface area contributed by atoms with E-state index in [-0.39, 0.29) is 5.38 Å². The maximum atomic E-state index is 5.98. The van der Waals surface area contributed by atoms with E-state index in [0.29, 0.717) is 5.95 Å². The first-order chi connectivity index (χ1) is 5.29. The first-order valence-electron chi connectivity index (χ1n) is 3.61. The van der Waals surface area contributed by atoms with Crippen molar-refractivity contribution in [1.82, 2.24) is 14.8 Å². The summed E-state index contributed by atoms with van der Waals surface area (Å²) in [6, 6.07) is 0. The quantitative estimate of drug-likeness (QED) is 0.593. The Morgan fingerprint density at radius 3 is 3.09 bits per heavy atom. The number of hydrogen-bond acceptors (Lipinski definition) is 3. The molecule has 1 aliphatic rings. The second-order valence-corrected chi connectivity index (χ2v) is 3.20. The van der Waals surface area contributed by atoms with E-state index in [4.69, 9.17) is 17.3 Å². The fraction of sp³-hybridized carbons (Fsp3) is 0.667. The Labute approximate surface area is 69.4 Å². The number of hydrogen-bond donors (Lipinski definition) is 1. The molecule has 11 heavy (non-hydrogen) atoms. The summed E-state index contributed by atoms with van der Waals surface area (Å²) in [7, 11) is 0. The molecule has 0 bridgehead atoms. The van der Waals surface area contributed by atoms with Crippen molar-refractivity contribution in [3.8, 4) is 0 Å². The van der Waals surface area contributed by atoms with E-state index >= 15 is 0 Å². The minimum Gasteiger partial charge on any atom is -0.368 e. The smallest absolute Gasteiger partial charge is 0.222 e. The highest BCUT2D eigenvalue weighted by atomic mass is 35.5. The Hall–Kier alpha value is -0.770. The van der Waals surface area contributed by atoms with Gasteiger partial charge in [0.2, 0.25) is 5.95 Å². The molecule has 2 heterocycles. The monoisotopic (exact) mass is 172 g/mol. The molecule has 0 fully saturated rings. The Kier molecular flexibility index (Phi) is 1.49. The lowest BCUT2D eigenvalue weighted by atomic mass is 10.1. The molecule has 0 spiro atoms. The van der Waals surface area contributed by atoms with Gasteiger partial charge in [0, 0.05) is 6.54 Å². The summed E-state index contributed by atoms with van der Waals surface area (Å²) >= 11 is 5.98. The van der Waals surface area contributed by atoms with Gasteiger partial charge in [0.25, 0.3) is 0 Å². The summed E-state index contributed by atoms with van der Waals surface area (Å²) in [4.78, 5) is 0. The standard InChI is InChI=1S/C6H9ClN4/c7-4-2-1-3-11-5(4)9-10-6(11)8/h4H,1-3H2,(H2,8,10). The number of fused-ring (bicyclic) bond motifs is 1. The van der Waals surface area contributed by atoms with Crippen LogP contribution in [-0.4, -0.2) is 14.8 Å². The molecule has 1 unspecified atom stereocenters. The number of nitrogens with zero attached hydrogens (tertiary/aromatic N) is 3. The van der Waals surface area contributed by atoms with Crippen molar-refractivity contribution < 1.29 is 0 Å². The zero-order chi connectivity index (χ0) is 7.84. The number of anilines is 1. The molecule has 0 aliphatic carbocycles. The van der Waals surface area contributed by atoms with Gasteiger partial charge < -0.3 is 5.73 Å². The van der Waals surface area contributed by atoms with E-state index in [1.807, 2.05) is 4.57 Å². The topological polar surface area (TPSA) is 56.7 Å². The van der Waals surface area contributed by atoms with Crippen LogP contribution in [0.15, 0.2) is 0 Å². The fourth-order valence-electron chi connectivity index (χ4n) is 1.35. The van der Waals surface area contributed by atoms with E-state index < -0.39 is 0 Å². The zero-order valence-electron chi connectivity index (χ0n) is 6.00. The molecule has 0 aromatic carbocycles. The van der Waals surface area contributed by atoms with Gasteiger partial charge in [-0.3, -0.25) is 4.57 Å². The van der Waals surface area contributed by atoms with Crippen LogP contribution in [-0.2, 0) is 6.54 Å². The van der Waals surface area contributed by atoms with E-state index in [1.54, 1.807) is 0 Å². The number of halogens is 1. The van der Waals surface area contributed by atoms with Gasteiger partial charge in [-0.2, -0.15) is 0 Å². The van der Waals surface area contributed by atoms with Crippen LogP contribution in [0.25, 0.3) is 0 Å². The molecule has 0 amide bonds. The van der Waals surface area contributed by atoms with Crippen molar-refractivity contribution in [3.05, 3.63) is 5.82 Å². The van der Waals surface area contributed by atoms with E-state index in [0.717, 1.165) is 25.2 Å². The SMILES string of the molecule is Nc1nnc2n1CCCC2Cl. The molecule has 1 atom stereocenters. The van der Waals surface area contributed by atoms with Gasteiger partial charge >= 0.3 is 0 Å². The molecule has 0 radical (unpaired) electrons. The lowest BCUT2D eigenvalue weighted by molar-refractivity contribution is 0.515. The second-order valence-electron chi connectivity index (χ2n) is 2.68. The van der Waals surface area contributed by atoms with Crippen LogP contribution in [0.2, 0.25) is 0 Å². The van der Waals surface area contributed by atoms with Gasteiger partial charge in [-0.25, -0.2) is 0 Å². The molecule has 0 saturated carbocycles. The number of alkyl halides is 1. The normalized spacial score (nSPS) is 23.2. The summed E-state index contributed by atoms with van der Waals surface area (Å²) in [6.07, 6.45) is 2.03. The van der Waals surface area contributed by atoms with Crippen LogP contribution >= 0.6 is 11.6 Å². The van der Waals surface area contributed by atoms with Crippen LogP contribution in [0.5, 0.6) is 0 Å². The molecule has 5 heteroatoms. The highest BCUT2D eigenvalue weighted by molar-refractivity contribution is 6.20. The molecule has 4 nitrogen and oxygen atoms in total. The number of aromatic nitrogens is 3. The third-order valence-corrected chi connectivity index (χ3v) is 2.34. The van der Waals surface area contributed by atoms with Crippen molar-refractivity contribution in [3.63, 3.8) is 0 Å². The van der Waals surface area contributed by atoms with Crippen LogP contribution < -0.4 is 5.73 Å². The maximum Gasteiger partial charge on any atom is 0.222 e. The van der Waals surface area contributed by atoms with E-state index in [2.05, 4.69) is 10.2 Å². The summed E-state index contributed by atoms with van der Waals surface area (Å²) < 4.78 is 1.88. The predicted octanol–water partition coefficient (Wildman–Crippen LogP) is 0.934. The largest absolute Gasteiger partial charge is 0.368 e. The molecule has 0 saturated heterocycles. The van der Waals surface area contributed by atoms with Gasteiger partial charge in [0.1, 0.15) is 0 Å². The summed E-state index contributed by atoms with van der Waals surface area (Å²) in [5, 5.41) is 7.64. The first-order valence-corrected chi connectivity index (χ1v) is 4.05. The summed E-state index contributed by atoms with van der Waals surface area (Å²) in [6.45, 7) is 0.900. The number of nitrogens with two attached hydrogens (primary N) is 1. The molecule has 60 valence electrons. The van der Waals surface area contributed by atoms with Crippen LogP contribution in [0.3, 0.4) is 0 Å². The third-order valence-electron chi connectivity index (χ3n) is 1.93. The maximum absolute atomic E-state index is 5.98. The summed E-state index contributed by atoms with van der Waals surface area (Å²) in [5.41, 5.74) is 5.55. The average Bonchev–Trinajstić information content (AvgIpc) is 2.35. The molecular weight excluding hydrogens is 164 g/mol. The molecule has 1 aliphatic heterocycles. The summed E-state index contributed by atoms with van der Waals surface area (Å²) in [5.74, 6) is 1.29. The lowest BCUT2D eigenvalue weighted by Gasteiger charge is -2.17. The van der Waals surface area contributed by atoms with Crippen LogP contribution in [0.1, 0.15) is 24.0 Å². The zero-order valence-corrected chi connectivity index (χ0v) is 6.75. The van der Waals surface area contributed by atoms with E-state index in [9.17, 15) is 0 Å². The van der Waals surface area contributed by atoms with Gasteiger partial charge in [-0.15, -0.1) is 21.8 Å². The van der Waals surface area contributed by atoms with Gasteiger partial charge in [0.15, 0.2) is 5.82 Å². The van der Waals surface area contributed by atoms with Crippen molar-refractivity contribution >= 4 is 17.5 Å². The van der Waals surface area contributed by atoms with Gasteiger partial charge in [-0.1, -0.05) is 0 Å².